The van der Waals surface area contributed by atoms with Gasteiger partial charge in [-0.25, -0.2) is 0 Å². The predicted octanol–water partition coefficient (Wildman–Crippen LogP) is 2.99. The fourth-order valence-corrected chi connectivity index (χ4v) is 3.97. The summed E-state index contributed by atoms with van der Waals surface area (Å²) in [7, 11) is 0. The summed E-state index contributed by atoms with van der Waals surface area (Å²) < 4.78 is 6.20. The number of ether oxygens (including phenoxy) is 1. The Hall–Kier alpha value is -1.13. The van der Waals surface area contributed by atoms with Crippen molar-refractivity contribution < 1.29 is 4.74 Å². The maximum Gasteiger partial charge on any atom is 0.0787 e. The summed E-state index contributed by atoms with van der Waals surface area (Å²) >= 11 is 0. The number of nitrogens with one attached hydrogen (secondary N) is 1. The van der Waals surface area contributed by atoms with Crippen LogP contribution in [0.4, 0.5) is 5.69 Å². The molecule has 0 bridgehead atoms. The largest absolute Gasteiger partial charge is 0.371 e. The fraction of sp³-hybridized carbons (Fsp3) is 0.722. The van der Waals surface area contributed by atoms with Gasteiger partial charge in [0.15, 0.2) is 0 Å². The molecule has 1 N–H and O–H groups in total. The third-order valence-electron chi connectivity index (χ3n) is 5.03. The van der Waals surface area contributed by atoms with Crippen LogP contribution in [0.25, 0.3) is 0 Å². The highest BCUT2D eigenvalue weighted by Gasteiger charge is 2.46. The lowest BCUT2D eigenvalue weighted by Crippen LogP contribution is -2.51. The van der Waals surface area contributed by atoms with E-state index in [2.05, 4.69) is 55.0 Å². The monoisotopic (exact) mass is 303 g/mol. The van der Waals surface area contributed by atoms with Crippen LogP contribution in [-0.2, 0) is 4.74 Å². The number of pyridine rings is 1. The maximum atomic E-state index is 6.20. The van der Waals surface area contributed by atoms with Gasteiger partial charge in [0.2, 0.25) is 0 Å². The Morgan fingerprint density at radius 2 is 1.77 bits per heavy atom. The molecule has 122 valence electrons. The second kappa shape index (κ2) is 5.82. The molecule has 2 aliphatic heterocycles. The predicted molar refractivity (Wildman–Crippen MR) is 90.3 cm³/mol. The first-order chi connectivity index (χ1) is 10.4. The van der Waals surface area contributed by atoms with Gasteiger partial charge in [-0.3, -0.25) is 4.98 Å². The van der Waals surface area contributed by atoms with Gasteiger partial charge in [-0.15, -0.1) is 0 Å². The van der Waals surface area contributed by atoms with Crippen molar-refractivity contribution in [2.45, 2.75) is 70.2 Å². The topological polar surface area (TPSA) is 37.4 Å². The molecule has 2 saturated heterocycles. The molecule has 22 heavy (non-hydrogen) atoms. The molecule has 0 aliphatic carbocycles. The Bertz CT molecular complexity index is 492. The first-order valence-electron chi connectivity index (χ1n) is 8.47. The zero-order chi connectivity index (χ0) is 15.8. The van der Waals surface area contributed by atoms with E-state index < -0.39 is 0 Å². The van der Waals surface area contributed by atoms with Crippen molar-refractivity contribution in [2.75, 3.05) is 18.0 Å². The molecule has 3 rings (SSSR count). The lowest BCUT2D eigenvalue weighted by atomic mass is 9.92. The summed E-state index contributed by atoms with van der Waals surface area (Å²) in [6.07, 6.45) is 7.22. The van der Waals surface area contributed by atoms with Crippen molar-refractivity contribution in [3.8, 4) is 0 Å². The molecule has 1 aromatic rings. The average molecular weight is 303 g/mol. The second-order valence-corrected chi connectivity index (χ2v) is 7.86. The van der Waals surface area contributed by atoms with Crippen molar-refractivity contribution in [2.24, 2.45) is 0 Å². The van der Waals surface area contributed by atoms with E-state index in [1.165, 1.54) is 18.5 Å². The molecule has 0 amide bonds. The molecule has 2 fully saturated rings. The number of nitrogens with zero attached hydrogens (tertiary/aromatic N) is 2. The molecular weight excluding hydrogens is 274 g/mol. The number of piperidine rings is 1. The van der Waals surface area contributed by atoms with E-state index in [0.29, 0.717) is 12.1 Å². The van der Waals surface area contributed by atoms with Crippen LogP contribution in [0.3, 0.4) is 0 Å². The SMILES string of the molecule is CC1(C)C[C@@H](NC2CCN(c3ccncc3)CC2)C(C)(C)O1. The Morgan fingerprint density at radius 1 is 1.14 bits per heavy atom. The standard InChI is InChI=1S/C18H29N3O/c1-17(2)13-16(18(3,4)22-17)20-14-7-11-21(12-8-14)15-5-9-19-10-6-15/h5-6,9-10,14,16,20H,7-8,11-13H2,1-4H3/t16-/m1/s1. The third kappa shape index (κ3) is 3.44. The molecule has 0 aromatic carbocycles. The molecule has 4 nitrogen and oxygen atoms in total. The van der Waals surface area contributed by atoms with Gasteiger partial charge in [0.25, 0.3) is 0 Å². The number of rotatable bonds is 3. The van der Waals surface area contributed by atoms with E-state index in [1.807, 2.05) is 12.4 Å². The van der Waals surface area contributed by atoms with E-state index in [4.69, 9.17) is 4.74 Å². The number of hydrogen-bond acceptors (Lipinski definition) is 4. The van der Waals surface area contributed by atoms with Crippen molar-refractivity contribution >= 4 is 5.69 Å². The molecule has 4 heteroatoms. The van der Waals surface area contributed by atoms with Gasteiger partial charge >= 0.3 is 0 Å². The summed E-state index contributed by atoms with van der Waals surface area (Å²) in [6.45, 7) is 11.0. The lowest BCUT2D eigenvalue weighted by Gasteiger charge is -2.37. The molecule has 1 aromatic heterocycles. The van der Waals surface area contributed by atoms with Crippen LogP contribution in [0.2, 0.25) is 0 Å². The zero-order valence-corrected chi connectivity index (χ0v) is 14.3. The number of hydrogen-bond donors (Lipinski definition) is 1. The molecule has 2 aliphatic rings. The summed E-state index contributed by atoms with van der Waals surface area (Å²) in [5, 5.41) is 3.87. The van der Waals surface area contributed by atoms with Crippen molar-refractivity contribution in [3.63, 3.8) is 0 Å². The Balaban J connectivity index is 1.54. The minimum Gasteiger partial charge on any atom is -0.371 e. The first kappa shape index (κ1) is 15.8. The van der Waals surface area contributed by atoms with Gasteiger partial charge in [0.1, 0.15) is 0 Å². The molecule has 3 heterocycles. The highest BCUT2D eigenvalue weighted by molar-refractivity contribution is 5.44. The van der Waals surface area contributed by atoms with Gasteiger partial charge in [-0.05, 0) is 59.1 Å². The summed E-state index contributed by atoms with van der Waals surface area (Å²) in [5.74, 6) is 0. The van der Waals surface area contributed by atoms with Crippen LogP contribution in [0.1, 0.15) is 47.0 Å². The minimum absolute atomic E-state index is 0.0150. The fourth-order valence-electron chi connectivity index (χ4n) is 3.97. The second-order valence-electron chi connectivity index (χ2n) is 7.86. The minimum atomic E-state index is -0.0776. The van der Waals surface area contributed by atoms with Crippen molar-refractivity contribution in [1.82, 2.24) is 10.3 Å². The van der Waals surface area contributed by atoms with E-state index >= 15 is 0 Å². The van der Waals surface area contributed by atoms with Gasteiger partial charge in [-0.2, -0.15) is 0 Å². The smallest absolute Gasteiger partial charge is 0.0787 e. The molecule has 1 atom stereocenters. The van der Waals surface area contributed by atoms with Crippen LogP contribution >= 0.6 is 0 Å². The van der Waals surface area contributed by atoms with Gasteiger partial charge in [0.05, 0.1) is 11.2 Å². The molecular formula is C18H29N3O. The molecule has 0 radical (unpaired) electrons. The van der Waals surface area contributed by atoms with E-state index in [0.717, 1.165) is 19.5 Å². The van der Waals surface area contributed by atoms with Crippen LogP contribution in [0, 0.1) is 0 Å². The highest BCUT2D eigenvalue weighted by atomic mass is 16.5. The van der Waals surface area contributed by atoms with Crippen LogP contribution < -0.4 is 10.2 Å². The third-order valence-corrected chi connectivity index (χ3v) is 5.03. The zero-order valence-electron chi connectivity index (χ0n) is 14.3. The highest BCUT2D eigenvalue weighted by Crippen LogP contribution is 2.37. The van der Waals surface area contributed by atoms with Crippen LogP contribution in [0.5, 0.6) is 0 Å². The van der Waals surface area contributed by atoms with Crippen molar-refractivity contribution in [1.29, 1.82) is 0 Å². The molecule has 0 saturated carbocycles. The van der Waals surface area contributed by atoms with Crippen LogP contribution in [-0.4, -0.2) is 41.4 Å². The van der Waals surface area contributed by atoms with Crippen LogP contribution in [0.15, 0.2) is 24.5 Å². The summed E-state index contributed by atoms with van der Waals surface area (Å²) in [5.41, 5.74) is 1.20. The average Bonchev–Trinajstić information content (AvgIpc) is 2.68. The Morgan fingerprint density at radius 3 is 2.32 bits per heavy atom. The maximum absolute atomic E-state index is 6.20. The molecule has 0 unspecified atom stereocenters. The summed E-state index contributed by atoms with van der Waals surface area (Å²) in [6, 6.07) is 5.24. The summed E-state index contributed by atoms with van der Waals surface area (Å²) in [4.78, 5) is 6.56. The van der Waals surface area contributed by atoms with E-state index in [-0.39, 0.29) is 11.2 Å². The van der Waals surface area contributed by atoms with Gasteiger partial charge in [-0.1, -0.05) is 0 Å². The van der Waals surface area contributed by atoms with Gasteiger partial charge < -0.3 is 15.0 Å². The first-order valence-corrected chi connectivity index (χ1v) is 8.47. The van der Waals surface area contributed by atoms with Crippen molar-refractivity contribution in [3.05, 3.63) is 24.5 Å². The Labute approximate surface area is 134 Å². The lowest BCUT2D eigenvalue weighted by molar-refractivity contribution is -0.0706. The Kier molecular flexibility index (Phi) is 4.17. The van der Waals surface area contributed by atoms with E-state index in [9.17, 15) is 0 Å². The van der Waals surface area contributed by atoms with Gasteiger partial charge in [0, 0.05) is 43.3 Å². The normalized spacial score (nSPS) is 28.0. The number of aromatic nitrogens is 1. The quantitative estimate of drug-likeness (QED) is 0.931. The molecule has 0 spiro atoms. The van der Waals surface area contributed by atoms with E-state index in [1.54, 1.807) is 0 Å². The number of anilines is 1.